The van der Waals surface area contributed by atoms with E-state index in [2.05, 4.69) is 10.3 Å². The smallest absolute Gasteiger partial charge is 0.248 e. The van der Waals surface area contributed by atoms with Gasteiger partial charge in [0.2, 0.25) is 11.8 Å². The van der Waals surface area contributed by atoms with E-state index in [1.54, 1.807) is 34.7 Å². The van der Waals surface area contributed by atoms with Gasteiger partial charge in [0.1, 0.15) is 6.04 Å². The van der Waals surface area contributed by atoms with Gasteiger partial charge in [-0.15, -0.1) is 11.3 Å². The predicted octanol–water partition coefficient (Wildman–Crippen LogP) is 3.85. The number of benzene rings is 1. The van der Waals surface area contributed by atoms with Crippen LogP contribution in [0.5, 0.6) is 11.5 Å². The van der Waals surface area contributed by atoms with Gasteiger partial charge < -0.3 is 19.7 Å². The van der Waals surface area contributed by atoms with Gasteiger partial charge in [-0.25, -0.2) is 4.98 Å². The van der Waals surface area contributed by atoms with Crippen LogP contribution in [0.1, 0.15) is 25.3 Å². The first-order chi connectivity index (χ1) is 14.0. The summed E-state index contributed by atoms with van der Waals surface area (Å²) in [5, 5.41) is 5.48. The highest BCUT2D eigenvalue weighted by Gasteiger charge is 2.33. The zero-order valence-electron chi connectivity index (χ0n) is 16.2. The summed E-state index contributed by atoms with van der Waals surface area (Å²) >= 11 is 7.59. The minimum atomic E-state index is -0.505. The summed E-state index contributed by atoms with van der Waals surface area (Å²) in [6.45, 7) is 2.86. The molecule has 2 aromatic rings. The number of amides is 2. The Kier molecular flexibility index (Phi) is 7.11. The third-order valence-corrected chi connectivity index (χ3v) is 5.42. The molecule has 9 heteroatoms. The van der Waals surface area contributed by atoms with E-state index in [0.29, 0.717) is 46.8 Å². The summed E-state index contributed by atoms with van der Waals surface area (Å²) in [4.78, 5) is 30.9. The zero-order valence-corrected chi connectivity index (χ0v) is 17.8. The number of carbonyl (C=O) groups excluding carboxylic acids is 2. The number of rotatable bonds is 7. The lowest BCUT2D eigenvalue weighted by Gasteiger charge is -2.22. The number of anilines is 1. The summed E-state index contributed by atoms with van der Waals surface area (Å²) in [5.41, 5.74) is 0.704. The molecule has 0 spiro atoms. The first kappa shape index (κ1) is 21.1. The number of nitrogens with one attached hydrogen (secondary N) is 1. The van der Waals surface area contributed by atoms with Crippen LogP contribution >= 0.6 is 22.9 Å². The van der Waals surface area contributed by atoms with Gasteiger partial charge in [-0.2, -0.15) is 0 Å². The van der Waals surface area contributed by atoms with Crippen LogP contribution in [-0.4, -0.2) is 48.0 Å². The normalized spacial score (nSPS) is 16.2. The van der Waals surface area contributed by atoms with E-state index in [4.69, 9.17) is 21.1 Å². The molecule has 0 bridgehead atoms. The van der Waals surface area contributed by atoms with Crippen molar-refractivity contribution < 1.29 is 19.1 Å². The second-order valence-electron chi connectivity index (χ2n) is 6.32. The molecule has 0 aliphatic carbocycles. The van der Waals surface area contributed by atoms with Crippen molar-refractivity contribution in [2.45, 2.75) is 25.8 Å². The third kappa shape index (κ3) is 5.07. The molecule has 7 nitrogen and oxygen atoms in total. The first-order valence-electron chi connectivity index (χ1n) is 9.22. The number of carbonyl (C=O) groups is 2. The van der Waals surface area contributed by atoms with Crippen LogP contribution in [-0.2, 0) is 9.59 Å². The van der Waals surface area contributed by atoms with E-state index in [0.717, 1.165) is 6.42 Å². The van der Waals surface area contributed by atoms with Gasteiger partial charge in [-0.05, 0) is 43.5 Å². The molecular weight excluding hydrogens is 414 g/mol. The Hall–Kier alpha value is -2.58. The standard InChI is InChI=1S/C20H22ClN3O4S/c1-3-28-16-12-13(11-14(21)18(16)27-2)6-7-17(25)24-9-4-5-15(24)19(26)23-20-22-8-10-29-20/h6-8,10-12,15H,3-5,9H2,1-2H3,(H,22,23,26). The molecule has 0 saturated carbocycles. The van der Waals surface area contributed by atoms with Crippen LogP contribution in [0.2, 0.25) is 5.02 Å². The molecule has 3 rings (SSSR count). The van der Waals surface area contributed by atoms with E-state index < -0.39 is 6.04 Å². The molecule has 2 amide bonds. The molecule has 154 valence electrons. The predicted molar refractivity (Wildman–Crippen MR) is 114 cm³/mol. The van der Waals surface area contributed by atoms with Gasteiger partial charge >= 0.3 is 0 Å². The first-order valence-corrected chi connectivity index (χ1v) is 10.5. The maximum absolute atomic E-state index is 12.7. The van der Waals surface area contributed by atoms with Crippen LogP contribution in [0, 0.1) is 0 Å². The Labute approximate surface area is 178 Å². The van der Waals surface area contributed by atoms with Crippen molar-refractivity contribution in [3.8, 4) is 11.5 Å². The topological polar surface area (TPSA) is 80.8 Å². The van der Waals surface area contributed by atoms with Crippen molar-refractivity contribution in [1.29, 1.82) is 0 Å². The average molecular weight is 436 g/mol. The Morgan fingerprint density at radius 3 is 2.97 bits per heavy atom. The SMILES string of the molecule is CCOc1cc(C=CC(=O)N2CCCC2C(=O)Nc2nccs2)cc(Cl)c1OC. The minimum Gasteiger partial charge on any atom is -0.491 e. The molecule has 0 radical (unpaired) electrons. The molecule has 1 atom stereocenters. The number of hydrogen-bond acceptors (Lipinski definition) is 6. The summed E-state index contributed by atoms with van der Waals surface area (Å²) in [7, 11) is 1.52. The highest BCUT2D eigenvalue weighted by atomic mass is 35.5. The lowest BCUT2D eigenvalue weighted by Crippen LogP contribution is -2.42. The molecule has 1 N–H and O–H groups in total. The van der Waals surface area contributed by atoms with Gasteiger partial charge in [0.05, 0.1) is 18.7 Å². The largest absolute Gasteiger partial charge is 0.491 e. The number of nitrogens with zero attached hydrogens (tertiary/aromatic N) is 2. The molecular formula is C20H22ClN3O4S. The molecule has 1 unspecified atom stereocenters. The molecule has 1 aromatic heterocycles. The molecule has 1 aromatic carbocycles. The van der Waals surface area contributed by atoms with E-state index in [1.807, 2.05) is 6.92 Å². The average Bonchev–Trinajstić information content (AvgIpc) is 3.38. The maximum Gasteiger partial charge on any atom is 0.248 e. The molecule has 29 heavy (non-hydrogen) atoms. The lowest BCUT2D eigenvalue weighted by molar-refractivity contribution is -0.132. The number of hydrogen-bond donors (Lipinski definition) is 1. The zero-order chi connectivity index (χ0) is 20.8. The molecule has 2 heterocycles. The third-order valence-electron chi connectivity index (χ3n) is 4.46. The van der Waals surface area contributed by atoms with Gasteiger partial charge in [0.15, 0.2) is 16.6 Å². The number of aromatic nitrogens is 1. The Balaban J connectivity index is 1.71. The van der Waals surface area contributed by atoms with Crippen LogP contribution in [0.3, 0.4) is 0 Å². The number of methoxy groups -OCH3 is 1. The van der Waals surface area contributed by atoms with Crippen molar-refractivity contribution >= 4 is 46.0 Å². The van der Waals surface area contributed by atoms with E-state index in [-0.39, 0.29) is 11.8 Å². The highest BCUT2D eigenvalue weighted by Crippen LogP contribution is 2.36. The number of likely N-dealkylation sites (tertiary alicyclic amines) is 1. The van der Waals surface area contributed by atoms with Crippen molar-refractivity contribution in [2.24, 2.45) is 0 Å². The fraction of sp³-hybridized carbons (Fsp3) is 0.350. The number of ether oxygens (including phenoxy) is 2. The molecule has 1 fully saturated rings. The van der Waals surface area contributed by atoms with Gasteiger partial charge in [0.25, 0.3) is 0 Å². The van der Waals surface area contributed by atoms with Crippen molar-refractivity contribution in [1.82, 2.24) is 9.88 Å². The van der Waals surface area contributed by atoms with Crippen molar-refractivity contribution in [2.75, 3.05) is 25.6 Å². The van der Waals surface area contributed by atoms with Crippen molar-refractivity contribution in [3.05, 3.63) is 40.4 Å². The monoisotopic (exact) mass is 435 g/mol. The van der Waals surface area contributed by atoms with E-state index in [9.17, 15) is 9.59 Å². The Bertz CT molecular complexity index is 901. The maximum atomic E-state index is 12.7. The van der Waals surface area contributed by atoms with E-state index >= 15 is 0 Å². The quantitative estimate of drug-likeness (QED) is 0.668. The molecule has 1 saturated heterocycles. The summed E-state index contributed by atoms with van der Waals surface area (Å²) in [6.07, 6.45) is 6.13. The van der Waals surface area contributed by atoms with Crippen LogP contribution in [0.15, 0.2) is 29.8 Å². The summed E-state index contributed by atoms with van der Waals surface area (Å²) in [6, 6.07) is 2.95. The molecule has 1 aliphatic heterocycles. The lowest BCUT2D eigenvalue weighted by atomic mass is 10.1. The number of halogens is 1. The van der Waals surface area contributed by atoms with E-state index in [1.165, 1.54) is 24.5 Å². The van der Waals surface area contributed by atoms with Crippen LogP contribution < -0.4 is 14.8 Å². The second-order valence-corrected chi connectivity index (χ2v) is 7.62. The van der Waals surface area contributed by atoms with Crippen molar-refractivity contribution in [3.63, 3.8) is 0 Å². The fourth-order valence-electron chi connectivity index (χ4n) is 3.19. The van der Waals surface area contributed by atoms with Crippen LogP contribution in [0.25, 0.3) is 6.08 Å². The van der Waals surface area contributed by atoms with Gasteiger partial charge in [-0.1, -0.05) is 11.6 Å². The second kappa shape index (κ2) is 9.76. The van der Waals surface area contributed by atoms with Gasteiger partial charge in [-0.3, -0.25) is 9.59 Å². The highest BCUT2D eigenvalue weighted by molar-refractivity contribution is 7.13. The summed E-state index contributed by atoms with van der Waals surface area (Å²) in [5.74, 6) is 0.518. The molecule has 1 aliphatic rings. The minimum absolute atomic E-state index is 0.217. The summed E-state index contributed by atoms with van der Waals surface area (Å²) < 4.78 is 10.8. The van der Waals surface area contributed by atoms with Crippen LogP contribution in [0.4, 0.5) is 5.13 Å². The van der Waals surface area contributed by atoms with Gasteiger partial charge in [0, 0.05) is 24.2 Å². The Morgan fingerprint density at radius 1 is 1.45 bits per heavy atom. The fourth-order valence-corrected chi connectivity index (χ4v) is 4.01. The number of thiazole rings is 1. The Morgan fingerprint density at radius 2 is 2.28 bits per heavy atom.